The van der Waals surface area contributed by atoms with Gasteiger partial charge in [0.2, 0.25) is 5.91 Å². The SMILES string of the molecule is CCCCCCCCCCCCCCCCCCCCC/C=C/C(O)C(COP(=O)([O-])OCC[N+](C)(C)C)NC(=O)CCCCC. The minimum absolute atomic E-state index is 0.000216. The summed E-state index contributed by atoms with van der Waals surface area (Å²) in [6.07, 6.45) is 32.0. The summed E-state index contributed by atoms with van der Waals surface area (Å²) in [7, 11) is 1.26. The number of likely N-dealkylation sites (N-methyl/N-ethyl adjacent to an activating group) is 1. The molecule has 46 heavy (non-hydrogen) atoms. The van der Waals surface area contributed by atoms with Gasteiger partial charge in [-0.15, -0.1) is 0 Å². The van der Waals surface area contributed by atoms with Crippen molar-refractivity contribution in [2.45, 2.75) is 180 Å². The maximum atomic E-state index is 12.4. The molecule has 1 amide bonds. The zero-order valence-electron chi connectivity index (χ0n) is 30.8. The van der Waals surface area contributed by atoms with Crippen LogP contribution in [-0.4, -0.2) is 68.5 Å². The van der Waals surface area contributed by atoms with Crippen LogP contribution in [0.15, 0.2) is 12.2 Å². The molecule has 0 rings (SSSR count). The predicted molar refractivity (Wildman–Crippen MR) is 192 cm³/mol. The summed E-state index contributed by atoms with van der Waals surface area (Å²) in [5.41, 5.74) is 0. The molecule has 3 atom stereocenters. The number of phosphoric ester groups is 1. The van der Waals surface area contributed by atoms with Gasteiger partial charge in [0, 0.05) is 6.42 Å². The number of unbranched alkanes of at least 4 members (excludes halogenated alkanes) is 21. The van der Waals surface area contributed by atoms with Gasteiger partial charge in [0.25, 0.3) is 7.82 Å². The largest absolute Gasteiger partial charge is 0.756 e. The van der Waals surface area contributed by atoms with Gasteiger partial charge in [-0.3, -0.25) is 9.36 Å². The lowest BCUT2D eigenvalue weighted by atomic mass is 10.0. The Bertz CT molecular complexity index is 773. The van der Waals surface area contributed by atoms with Crippen LogP contribution >= 0.6 is 7.82 Å². The third-order valence-electron chi connectivity index (χ3n) is 8.50. The Labute approximate surface area is 284 Å². The zero-order chi connectivity index (χ0) is 34.4. The zero-order valence-corrected chi connectivity index (χ0v) is 31.7. The Morgan fingerprint density at radius 3 is 1.63 bits per heavy atom. The molecule has 0 aliphatic carbocycles. The van der Waals surface area contributed by atoms with E-state index in [2.05, 4.69) is 19.2 Å². The van der Waals surface area contributed by atoms with Gasteiger partial charge < -0.3 is 28.8 Å². The average Bonchev–Trinajstić information content (AvgIpc) is 2.99. The number of rotatable bonds is 34. The fourth-order valence-corrected chi connectivity index (χ4v) is 6.11. The second-order valence-corrected chi connectivity index (χ2v) is 15.7. The van der Waals surface area contributed by atoms with Crippen LogP contribution < -0.4 is 10.2 Å². The highest BCUT2D eigenvalue weighted by atomic mass is 31.2. The third kappa shape index (κ3) is 31.8. The molecule has 0 aliphatic heterocycles. The number of allylic oxidation sites excluding steroid dienone is 1. The quantitative estimate of drug-likeness (QED) is 0.0305. The van der Waals surface area contributed by atoms with Crippen molar-refractivity contribution in [3.8, 4) is 0 Å². The molecule has 0 aliphatic rings. The normalized spacial score (nSPS) is 14.8. The van der Waals surface area contributed by atoms with Crippen LogP contribution in [0.5, 0.6) is 0 Å². The molecule has 274 valence electrons. The van der Waals surface area contributed by atoms with Crippen LogP contribution in [0, 0.1) is 0 Å². The van der Waals surface area contributed by atoms with Crippen molar-refractivity contribution in [3.05, 3.63) is 12.2 Å². The molecule has 0 aromatic rings. The Kier molecular flexibility index (Phi) is 29.8. The van der Waals surface area contributed by atoms with Gasteiger partial charge in [0.15, 0.2) is 0 Å². The number of hydrogen-bond acceptors (Lipinski definition) is 6. The summed E-state index contributed by atoms with van der Waals surface area (Å²) in [4.78, 5) is 24.7. The van der Waals surface area contributed by atoms with Crippen LogP contribution in [0.4, 0.5) is 0 Å². The minimum atomic E-state index is -4.56. The number of aliphatic hydroxyl groups is 1. The Morgan fingerprint density at radius 1 is 0.739 bits per heavy atom. The highest BCUT2D eigenvalue weighted by Crippen LogP contribution is 2.38. The molecule has 0 aromatic carbocycles. The molecule has 0 saturated heterocycles. The van der Waals surface area contributed by atoms with E-state index in [1.165, 1.54) is 109 Å². The second kappa shape index (κ2) is 30.3. The monoisotopic (exact) mass is 675 g/mol. The van der Waals surface area contributed by atoms with Crippen molar-refractivity contribution >= 4 is 13.7 Å². The molecule has 0 bridgehead atoms. The van der Waals surface area contributed by atoms with E-state index in [0.717, 1.165) is 38.5 Å². The van der Waals surface area contributed by atoms with Crippen molar-refractivity contribution in [1.29, 1.82) is 0 Å². The molecule has 0 fully saturated rings. The van der Waals surface area contributed by atoms with Crippen LogP contribution in [0.3, 0.4) is 0 Å². The first-order valence-corrected chi connectivity index (χ1v) is 20.5. The van der Waals surface area contributed by atoms with Gasteiger partial charge in [-0.05, 0) is 19.3 Å². The number of phosphoric acid groups is 1. The summed E-state index contributed by atoms with van der Waals surface area (Å²) >= 11 is 0. The molecule has 0 radical (unpaired) electrons. The molecule has 0 saturated carbocycles. The lowest BCUT2D eigenvalue weighted by Gasteiger charge is -2.29. The van der Waals surface area contributed by atoms with Gasteiger partial charge >= 0.3 is 0 Å². The van der Waals surface area contributed by atoms with E-state index >= 15 is 0 Å². The Balaban J connectivity index is 4.11. The van der Waals surface area contributed by atoms with Crippen LogP contribution in [0.1, 0.15) is 168 Å². The molecule has 3 unspecified atom stereocenters. The van der Waals surface area contributed by atoms with Crippen LogP contribution in [0.25, 0.3) is 0 Å². The van der Waals surface area contributed by atoms with E-state index in [9.17, 15) is 19.4 Å². The van der Waals surface area contributed by atoms with Crippen LogP contribution in [-0.2, 0) is 18.4 Å². The van der Waals surface area contributed by atoms with Crippen molar-refractivity contribution in [2.24, 2.45) is 0 Å². The third-order valence-corrected chi connectivity index (χ3v) is 9.46. The van der Waals surface area contributed by atoms with Crippen molar-refractivity contribution < 1.29 is 32.9 Å². The van der Waals surface area contributed by atoms with Crippen molar-refractivity contribution in [1.82, 2.24) is 5.32 Å². The first-order chi connectivity index (χ1) is 22.0. The Hall–Kier alpha value is -0.760. The molecule has 8 nitrogen and oxygen atoms in total. The summed E-state index contributed by atoms with van der Waals surface area (Å²) in [6, 6.07) is -0.875. The van der Waals surface area contributed by atoms with E-state index in [4.69, 9.17) is 9.05 Å². The van der Waals surface area contributed by atoms with E-state index in [0.29, 0.717) is 17.4 Å². The first-order valence-electron chi connectivity index (χ1n) is 19.1. The number of carbonyl (C=O) groups excluding carboxylic acids is 1. The first kappa shape index (κ1) is 45.2. The number of amides is 1. The summed E-state index contributed by atoms with van der Waals surface area (Å²) in [6.45, 7) is 4.46. The number of aliphatic hydroxyl groups excluding tert-OH is 1. The second-order valence-electron chi connectivity index (χ2n) is 14.3. The fourth-order valence-electron chi connectivity index (χ4n) is 5.39. The molecular weight excluding hydrogens is 599 g/mol. The summed E-state index contributed by atoms with van der Waals surface area (Å²) < 4.78 is 22.9. The maximum Gasteiger partial charge on any atom is 0.268 e. The molecule has 0 heterocycles. The summed E-state index contributed by atoms with van der Waals surface area (Å²) in [5.74, 6) is -0.222. The molecular formula is C37H75N2O6P. The smallest absolute Gasteiger partial charge is 0.268 e. The molecule has 2 N–H and O–H groups in total. The van der Waals surface area contributed by atoms with E-state index in [-0.39, 0.29) is 19.1 Å². The van der Waals surface area contributed by atoms with E-state index in [1.807, 2.05) is 27.2 Å². The van der Waals surface area contributed by atoms with E-state index < -0.39 is 20.0 Å². The lowest BCUT2D eigenvalue weighted by molar-refractivity contribution is -0.870. The average molecular weight is 675 g/mol. The lowest BCUT2D eigenvalue weighted by Crippen LogP contribution is -2.45. The molecule has 0 spiro atoms. The summed E-state index contributed by atoms with van der Waals surface area (Å²) in [5, 5.41) is 13.5. The maximum absolute atomic E-state index is 12.4. The van der Waals surface area contributed by atoms with Gasteiger partial charge in [-0.1, -0.05) is 154 Å². The predicted octanol–water partition coefficient (Wildman–Crippen LogP) is 9.00. The van der Waals surface area contributed by atoms with Gasteiger partial charge in [0.1, 0.15) is 13.2 Å². The number of nitrogens with one attached hydrogen (secondary N) is 1. The standard InChI is InChI=1S/C37H75N2O6P/c1-6-8-10-11-12-13-14-15-16-17-18-19-20-21-22-23-24-25-26-27-29-30-36(40)35(38-37(41)31-28-9-7-2)34-45-46(42,43)44-33-32-39(3,4)5/h29-30,35-36,40H,6-28,31-34H2,1-5H3,(H-,38,41,42,43)/b30-29+. The number of carbonyl (C=O) groups is 1. The molecule has 0 aromatic heterocycles. The Morgan fingerprint density at radius 2 is 1.17 bits per heavy atom. The van der Waals surface area contributed by atoms with Gasteiger partial charge in [-0.25, -0.2) is 0 Å². The number of nitrogens with zero attached hydrogens (tertiary/aromatic N) is 1. The highest BCUT2D eigenvalue weighted by molar-refractivity contribution is 7.45. The highest BCUT2D eigenvalue weighted by Gasteiger charge is 2.23. The fraction of sp³-hybridized carbons (Fsp3) is 0.919. The van der Waals surface area contributed by atoms with Crippen molar-refractivity contribution in [2.75, 3.05) is 40.9 Å². The van der Waals surface area contributed by atoms with Crippen molar-refractivity contribution in [3.63, 3.8) is 0 Å². The topological polar surface area (TPSA) is 108 Å². The minimum Gasteiger partial charge on any atom is -0.756 e. The number of hydrogen-bond donors (Lipinski definition) is 2. The van der Waals surface area contributed by atoms with E-state index in [1.54, 1.807) is 6.08 Å². The number of quaternary nitrogens is 1. The van der Waals surface area contributed by atoms with Gasteiger partial charge in [-0.2, -0.15) is 0 Å². The molecule has 9 heteroatoms. The van der Waals surface area contributed by atoms with Crippen LogP contribution in [0.2, 0.25) is 0 Å². The van der Waals surface area contributed by atoms with Gasteiger partial charge in [0.05, 0.1) is 39.9 Å².